The molecule has 23 heavy (non-hydrogen) atoms. The first-order chi connectivity index (χ1) is 10.7. The number of rotatable bonds is 5. The van der Waals surface area contributed by atoms with Gasteiger partial charge in [0.1, 0.15) is 0 Å². The fourth-order valence-corrected chi connectivity index (χ4v) is 3.89. The topological polar surface area (TPSA) is 58.6 Å². The van der Waals surface area contributed by atoms with Crippen LogP contribution in [0, 0.1) is 6.92 Å². The number of hydrogen-bond donors (Lipinski definition) is 1. The van der Waals surface area contributed by atoms with Gasteiger partial charge in [-0.2, -0.15) is 0 Å². The number of hydrogen-bond acceptors (Lipinski definition) is 4. The Morgan fingerprint density at radius 3 is 2.48 bits per heavy atom. The summed E-state index contributed by atoms with van der Waals surface area (Å²) in [6.07, 6.45) is 0. The number of sulfonamides is 1. The van der Waals surface area contributed by atoms with E-state index in [1.807, 2.05) is 19.1 Å². The molecule has 0 amide bonds. The molecule has 1 heterocycles. The summed E-state index contributed by atoms with van der Waals surface area (Å²) in [5.74, 6) is 0. The zero-order valence-corrected chi connectivity index (χ0v) is 15.4. The summed E-state index contributed by atoms with van der Waals surface area (Å²) in [6.45, 7) is 12.4. The molecule has 1 N–H and O–H groups in total. The minimum Gasteiger partial charge on any atom is -0.379 e. The van der Waals surface area contributed by atoms with Crippen molar-refractivity contribution in [3.05, 3.63) is 29.3 Å². The van der Waals surface area contributed by atoms with Gasteiger partial charge in [-0.05, 0) is 29.5 Å². The number of benzene rings is 1. The van der Waals surface area contributed by atoms with Crippen molar-refractivity contribution in [3.63, 3.8) is 0 Å². The van der Waals surface area contributed by atoms with E-state index in [9.17, 15) is 8.42 Å². The lowest BCUT2D eigenvalue weighted by molar-refractivity contribution is 0.0390. The van der Waals surface area contributed by atoms with Crippen LogP contribution in [0.3, 0.4) is 0 Å². The Kier molecular flexibility index (Phi) is 5.84. The molecule has 0 aromatic heterocycles. The number of morpholine rings is 1. The molecule has 0 saturated carbocycles. The maximum absolute atomic E-state index is 12.6. The number of ether oxygens (including phenoxy) is 1. The molecule has 1 saturated heterocycles. The molecule has 0 atom stereocenters. The highest BCUT2D eigenvalue weighted by Gasteiger charge is 2.21. The van der Waals surface area contributed by atoms with Crippen molar-refractivity contribution in [1.82, 2.24) is 9.62 Å². The zero-order chi connectivity index (χ0) is 17.1. The zero-order valence-electron chi connectivity index (χ0n) is 14.6. The first-order valence-corrected chi connectivity index (χ1v) is 9.59. The average molecular weight is 340 g/mol. The predicted octanol–water partition coefficient (Wildman–Crippen LogP) is 1.90. The molecule has 1 aromatic carbocycles. The minimum atomic E-state index is -3.48. The summed E-state index contributed by atoms with van der Waals surface area (Å²) in [6, 6.07) is 5.69. The van der Waals surface area contributed by atoms with Gasteiger partial charge in [-0.15, -0.1) is 0 Å². The summed E-state index contributed by atoms with van der Waals surface area (Å²) < 4.78 is 33.3. The third kappa shape index (κ3) is 5.01. The third-order valence-electron chi connectivity index (χ3n) is 4.17. The summed E-state index contributed by atoms with van der Waals surface area (Å²) in [4.78, 5) is 2.59. The largest absolute Gasteiger partial charge is 0.379 e. The molecule has 0 aliphatic carbocycles. The van der Waals surface area contributed by atoms with Crippen molar-refractivity contribution in [3.8, 4) is 0 Å². The Balaban J connectivity index is 2.06. The van der Waals surface area contributed by atoms with E-state index >= 15 is 0 Å². The fourth-order valence-electron chi connectivity index (χ4n) is 2.60. The van der Waals surface area contributed by atoms with Crippen molar-refractivity contribution < 1.29 is 13.2 Å². The standard InChI is InChI=1S/C17H28N2O3S/c1-14-5-6-15(17(2,3)4)13-16(14)23(20,21)18-7-8-19-9-11-22-12-10-19/h5-6,13,18H,7-12H2,1-4H3. The van der Waals surface area contributed by atoms with Crippen LogP contribution >= 0.6 is 0 Å². The molecule has 1 aromatic rings. The van der Waals surface area contributed by atoms with E-state index < -0.39 is 10.0 Å². The maximum atomic E-state index is 12.6. The molecule has 130 valence electrons. The van der Waals surface area contributed by atoms with E-state index in [1.54, 1.807) is 6.07 Å². The predicted molar refractivity (Wildman–Crippen MR) is 92.3 cm³/mol. The molecule has 1 fully saturated rings. The van der Waals surface area contributed by atoms with E-state index in [0.29, 0.717) is 18.0 Å². The van der Waals surface area contributed by atoms with E-state index in [0.717, 1.165) is 37.4 Å². The highest BCUT2D eigenvalue weighted by molar-refractivity contribution is 7.89. The SMILES string of the molecule is Cc1ccc(C(C)(C)C)cc1S(=O)(=O)NCCN1CCOCC1. The maximum Gasteiger partial charge on any atom is 0.240 e. The van der Waals surface area contributed by atoms with Gasteiger partial charge >= 0.3 is 0 Å². The third-order valence-corrected chi connectivity index (χ3v) is 5.77. The smallest absolute Gasteiger partial charge is 0.240 e. The van der Waals surface area contributed by atoms with Gasteiger partial charge in [0.25, 0.3) is 0 Å². The van der Waals surface area contributed by atoms with Crippen molar-refractivity contribution in [2.24, 2.45) is 0 Å². The summed E-state index contributed by atoms with van der Waals surface area (Å²) >= 11 is 0. The van der Waals surface area contributed by atoms with E-state index in [1.165, 1.54) is 0 Å². The van der Waals surface area contributed by atoms with Crippen LogP contribution in [0.15, 0.2) is 23.1 Å². The van der Waals surface area contributed by atoms with Crippen molar-refractivity contribution in [2.45, 2.75) is 38.0 Å². The second kappa shape index (κ2) is 7.30. The summed E-state index contributed by atoms with van der Waals surface area (Å²) in [7, 11) is -3.48. The number of nitrogens with one attached hydrogen (secondary N) is 1. The highest BCUT2D eigenvalue weighted by Crippen LogP contribution is 2.26. The molecular weight excluding hydrogens is 312 g/mol. The quantitative estimate of drug-likeness (QED) is 0.889. The molecule has 0 bridgehead atoms. The Bertz CT molecular complexity index is 630. The van der Waals surface area contributed by atoms with Gasteiger partial charge in [0.05, 0.1) is 18.1 Å². The molecule has 5 nitrogen and oxygen atoms in total. The van der Waals surface area contributed by atoms with E-state index in [4.69, 9.17) is 4.74 Å². The first kappa shape index (κ1) is 18.4. The van der Waals surface area contributed by atoms with Crippen LogP contribution in [0.2, 0.25) is 0 Å². The molecule has 0 radical (unpaired) electrons. The van der Waals surface area contributed by atoms with Crippen LogP contribution < -0.4 is 4.72 Å². The molecule has 2 rings (SSSR count). The van der Waals surface area contributed by atoms with Gasteiger partial charge in [0.2, 0.25) is 10.0 Å². The van der Waals surface area contributed by atoms with Crippen molar-refractivity contribution in [2.75, 3.05) is 39.4 Å². The van der Waals surface area contributed by atoms with Gasteiger partial charge in [-0.3, -0.25) is 4.90 Å². The Morgan fingerprint density at radius 2 is 1.87 bits per heavy atom. The second-order valence-electron chi connectivity index (χ2n) is 7.08. The lowest BCUT2D eigenvalue weighted by Crippen LogP contribution is -2.41. The minimum absolute atomic E-state index is 0.0776. The van der Waals surface area contributed by atoms with Crippen LogP contribution in [0.5, 0.6) is 0 Å². The van der Waals surface area contributed by atoms with Gasteiger partial charge in [-0.25, -0.2) is 13.1 Å². The van der Waals surface area contributed by atoms with Crippen LogP contribution in [0.4, 0.5) is 0 Å². The van der Waals surface area contributed by atoms with Crippen LogP contribution in [0.25, 0.3) is 0 Å². The van der Waals surface area contributed by atoms with Crippen LogP contribution in [-0.4, -0.2) is 52.7 Å². The number of aryl methyl sites for hydroxylation is 1. The Hall–Kier alpha value is -0.950. The Labute approximate surface area is 140 Å². The van der Waals surface area contributed by atoms with Crippen LogP contribution in [-0.2, 0) is 20.2 Å². The van der Waals surface area contributed by atoms with Crippen molar-refractivity contribution in [1.29, 1.82) is 0 Å². The molecule has 1 aliphatic rings. The van der Waals surface area contributed by atoms with Gasteiger partial charge in [0.15, 0.2) is 0 Å². The molecule has 6 heteroatoms. The lowest BCUT2D eigenvalue weighted by Gasteiger charge is -2.26. The molecular formula is C17H28N2O3S. The summed E-state index contributed by atoms with van der Waals surface area (Å²) in [5.41, 5.74) is 1.72. The first-order valence-electron chi connectivity index (χ1n) is 8.11. The second-order valence-corrected chi connectivity index (χ2v) is 8.82. The monoisotopic (exact) mass is 340 g/mol. The van der Waals surface area contributed by atoms with Gasteiger partial charge in [0, 0.05) is 26.2 Å². The average Bonchev–Trinajstić information content (AvgIpc) is 2.47. The lowest BCUT2D eigenvalue weighted by atomic mass is 9.87. The molecule has 0 spiro atoms. The molecule has 1 aliphatic heterocycles. The normalized spacial score (nSPS) is 17.4. The summed E-state index contributed by atoms with van der Waals surface area (Å²) in [5, 5.41) is 0. The number of nitrogens with zero attached hydrogens (tertiary/aromatic N) is 1. The van der Waals surface area contributed by atoms with Crippen LogP contribution in [0.1, 0.15) is 31.9 Å². The molecule has 0 unspecified atom stereocenters. The Morgan fingerprint density at radius 1 is 1.22 bits per heavy atom. The van der Waals surface area contributed by atoms with Crippen molar-refractivity contribution >= 4 is 10.0 Å². The van der Waals surface area contributed by atoms with E-state index in [-0.39, 0.29) is 5.41 Å². The van der Waals surface area contributed by atoms with Gasteiger partial charge in [-0.1, -0.05) is 32.9 Å². The van der Waals surface area contributed by atoms with E-state index in [2.05, 4.69) is 30.4 Å². The highest BCUT2D eigenvalue weighted by atomic mass is 32.2. The fraction of sp³-hybridized carbons (Fsp3) is 0.647. The van der Waals surface area contributed by atoms with Gasteiger partial charge < -0.3 is 4.74 Å².